The third-order valence-corrected chi connectivity index (χ3v) is 2.67. The average Bonchev–Trinajstić information content (AvgIpc) is 2.48. The Labute approximate surface area is 74.9 Å². The number of amides is 1. The fourth-order valence-electron chi connectivity index (χ4n) is 1.99. The molecule has 1 aliphatic rings. The van der Waals surface area contributed by atoms with Gasteiger partial charge < -0.3 is 4.90 Å². The van der Waals surface area contributed by atoms with Crippen LogP contribution >= 0.6 is 0 Å². The standard InChI is InChI=1S/C10H19NO/c1-3-4-6-10-7-5-8-11(10)9(2)12/h10H,3-8H2,1-2H3/t10-/m1/s1. The lowest BCUT2D eigenvalue weighted by Gasteiger charge is -2.22. The van der Waals surface area contributed by atoms with Gasteiger partial charge in [-0.2, -0.15) is 0 Å². The van der Waals surface area contributed by atoms with Crippen LogP contribution in [0.4, 0.5) is 0 Å². The zero-order chi connectivity index (χ0) is 8.97. The molecule has 0 N–H and O–H groups in total. The van der Waals surface area contributed by atoms with Crippen molar-refractivity contribution in [1.82, 2.24) is 4.90 Å². The first-order chi connectivity index (χ1) is 5.75. The third kappa shape index (κ3) is 2.23. The van der Waals surface area contributed by atoms with Crippen molar-refractivity contribution >= 4 is 5.91 Å². The minimum absolute atomic E-state index is 0.258. The van der Waals surface area contributed by atoms with Crippen LogP contribution in [0.25, 0.3) is 0 Å². The van der Waals surface area contributed by atoms with E-state index >= 15 is 0 Å². The highest BCUT2D eigenvalue weighted by Gasteiger charge is 2.25. The van der Waals surface area contributed by atoms with Crippen LogP contribution in [0.1, 0.15) is 46.0 Å². The first-order valence-corrected chi connectivity index (χ1v) is 5.03. The summed E-state index contributed by atoms with van der Waals surface area (Å²) in [5.74, 6) is 0.258. The van der Waals surface area contributed by atoms with Gasteiger partial charge in [-0.15, -0.1) is 0 Å². The molecule has 0 radical (unpaired) electrons. The second kappa shape index (κ2) is 4.48. The van der Waals surface area contributed by atoms with E-state index < -0.39 is 0 Å². The average molecular weight is 169 g/mol. The molecule has 1 atom stereocenters. The third-order valence-electron chi connectivity index (χ3n) is 2.67. The maximum atomic E-state index is 11.1. The van der Waals surface area contributed by atoms with Crippen molar-refractivity contribution < 1.29 is 4.79 Å². The van der Waals surface area contributed by atoms with Gasteiger partial charge in [0.1, 0.15) is 0 Å². The Hall–Kier alpha value is -0.530. The molecule has 0 saturated carbocycles. The molecule has 2 nitrogen and oxygen atoms in total. The zero-order valence-electron chi connectivity index (χ0n) is 8.18. The monoisotopic (exact) mass is 169 g/mol. The van der Waals surface area contributed by atoms with Gasteiger partial charge in [0.2, 0.25) is 5.91 Å². The Kier molecular flexibility index (Phi) is 3.57. The number of unbranched alkanes of at least 4 members (excludes halogenated alkanes) is 1. The maximum Gasteiger partial charge on any atom is 0.219 e. The van der Waals surface area contributed by atoms with Gasteiger partial charge in [-0.1, -0.05) is 19.8 Å². The van der Waals surface area contributed by atoms with Crippen molar-refractivity contribution in [2.24, 2.45) is 0 Å². The van der Waals surface area contributed by atoms with Crippen molar-refractivity contribution in [2.45, 2.75) is 52.0 Å². The lowest BCUT2D eigenvalue weighted by atomic mass is 10.1. The summed E-state index contributed by atoms with van der Waals surface area (Å²) >= 11 is 0. The van der Waals surface area contributed by atoms with Crippen LogP contribution in [0.15, 0.2) is 0 Å². The van der Waals surface area contributed by atoms with Crippen molar-refractivity contribution in [3.05, 3.63) is 0 Å². The van der Waals surface area contributed by atoms with E-state index in [0.717, 1.165) is 6.54 Å². The highest BCUT2D eigenvalue weighted by Crippen LogP contribution is 2.21. The molecule has 70 valence electrons. The van der Waals surface area contributed by atoms with E-state index in [1.165, 1.54) is 32.1 Å². The van der Waals surface area contributed by atoms with Gasteiger partial charge in [0.05, 0.1) is 0 Å². The summed E-state index contributed by atoms with van der Waals surface area (Å²) < 4.78 is 0. The molecule has 1 saturated heterocycles. The normalized spacial score (nSPS) is 23.2. The van der Waals surface area contributed by atoms with E-state index in [9.17, 15) is 4.79 Å². The number of rotatable bonds is 3. The van der Waals surface area contributed by atoms with Crippen LogP contribution < -0.4 is 0 Å². The Balaban J connectivity index is 2.35. The summed E-state index contributed by atoms with van der Waals surface area (Å²) in [6.07, 6.45) is 6.13. The largest absolute Gasteiger partial charge is 0.340 e. The minimum atomic E-state index is 0.258. The molecule has 0 aromatic heterocycles. The fraction of sp³-hybridized carbons (Fsp3) is 0.900. The van der Waals surface area contributed by atoms with Crippen LogP contribution in [0.3, 0.4) is 0 Å². The van der Waals surface area contributed by atoms with Gasteiger partial charge in [0.25, 0.3) is 0 Å². The smallest absolute Gasteiger partial charge is 0.219 e. The Bertz CT molecular complexity index is 156. The Morgan fingerprint density at radius 2 is 2.33 bits per heavy atom. The summed E-state index contributed by atoms with van der Waals surface area (Å²) in [6.45, 7) is 4.88. The van der Waals surface area contributed by atoms with Gasteiger partial charge in [0, 0.05) is 19.5 Å². The quantitative estimate of drug-likeness (QED) is 0.634. The summed E-state index contributed by atoms with van der Waals surface area (Å²) in [4.78, 5) is 13.2. The van der Waals surface area contributed by atoms with E-state index in [4.69, 9.17) is 0 Å². The van der Waals surface area contributed by atoms with Crippen LogP contribution in [0.5, 0.6) is 0 Å². The second-order valence-corrected chi connectivity index (χ2v) is 3.65. The van der Waals surface area contributed by atoms with Crippen LogP contribution in [-0.2, 0) is 4.79 Å². The first kappa shape index (κ1) is 9.56. The molecule has 0 spiro atoms. The van der Waals surface area contributed by atoms with Crippen molar-refractivity contribution in [1.29, 1.82) is 0 Å². The van der Waals surface area contributed by atoms with Gasteiger partial charge in [-0.25, -0.2) is 0 Å². The molecular weight excluding hydrogens is 150 g/mol. The number of hydrogen-bond donors (Lipinski definition) is 0. The molecule has 1 rings (SSSR count). The lowest BCUT2D eigenvalue weighted by molar-refractivity contribution is -0.129. The number of carbonyl (C=O) groups excluding carboxylic acids is 1. The Morgan fingerprint density at radius 3 is 2.92 bits per heavy atom. The molecular formula is C10H19NO. The first-order valence-electron chi connectivity index (χ1n) is 5.03. The zero-order valence-corrected chi connectivity index (χ0v) is 8.18. The van der Waals surface area contributed by atoms with Crippen LogP contribution in [0, 0.1) is 0 Å². The summed E-state index contributed by atoms with van der Waals surface area (Å²) in [5, 5.41) is 0. The number of hydrogen-bond acceptors (Lipinski definition) is 1. The van der Waals surface area contributed by atoms with E-state index in [0.29, 0.717) is 6.04 Å². The van der Waals surface area contributed by atoms with Gasteiger partial charge in [-0.05, 0) is 19.3 Å². The molecule has 1 aliphatic heterocycles. The molecule has 1 amide bonds. The molecule has 0 aromatic carbocycles. The number of carbonyl (C=O) groups is 1. The SMILES string of the molecule is CCCC[C@@H]1CCCN1C(C)=O. The summed E-state index contributed by atoms with van der Waals surface area (Å²) in [6, 6.07) is 0.558. The number of nitrogens with zero attached hydrogens (tertiary/aromatic N) is 1. The van der Waals surface area contributed by atoms with Crippen molar-refractivity contribution in [2.75, 3.05) is 6.54 Å². The number of likely N-dealkylation sites (tertiary alicyclic amines) is 1. The van der Waals surface area contributed by atoms with E-state index in [2.05, 4.69) is 6.92 Å². The molecule has 2 heteroatoms. The summed E-state index contributed by atoms with van der Waals surface area (Å²) in [7, 11) is 0. The molecule has 0 unspecified atom stereocenters. The predicted octanol–water partition coefficient (Wildman–Crippen LogP) is 2.19. The van der Waals surface area contributed by atoms with Gasteiger partial charge >= 0.3 is 0 Å². The Morgan fingerprint density at radius 1 is 1.58 bits per heavy atom. The van der Waals surface area contributed by atoms with Gasteiger partial charge in [-0.3, -0.25) is 4.79 Å². The molecule has 0 aliphatic carbocycles. The van der Waals surface area contributed by atoms with Crippen molar-refractivity contribution in [3.63, 3.8) is 0 Å². The lowest BCUT2D eigenvalue weighted by Crippen LogP contribution is -2.33. The molecule has 1 heterocycles. The predicted molar refractivity (Wildman–Crippen MR) is 49.9 cm³/mol. The summed E-state index contributed by atoms with van der Waals surface area (Å²) in [5.41, 5.74) is 0. The molecule has 0 aromatic rings. The highest BCUT2D eigenvalue weighted by atomic mass is 16.2. The minimum Gasteiger partial charge on any atom is -0.340 e. The van der Waals surface area contributed by atoms with E-state index in [-0.39, 0.29) is 5.91 Å². The highest BCUT2D eigenvalue weighted by molar-refractivity contribution is 5.73. The molecule has 12 heavy (non-hydrogen) atoms. The second-order valence-electron chi connectivity index (χ2n) is 3.65. The molecule has 0 bridgehead atoms. The van der Waals surface area contributed by atoms with E-state index in [1.54, 1.807) is 6.92 Å². The topological polar surface area (TPSA) is 20.3 Å². The van der Waals surface area contributed by atoms with Gasteiger partial charge in [0.15, 0.2) is 0 Å². The van der Waals surface area contributed by atoms with Crippen LogP contribution in [-0.4, -0.2) is 23.4 Å². The fourth-order valence-corrected chi connectivity index (χ4v) is 1.99. The molecule has 1 fully saturated rings. The van der Waals surface area contributed by atoms with Crippen molar-refractivity contribution in [3.8, 4) is 0 Å². The van der Waals surface area contributed by atoms with Crippen LogP contribution in [0.2, 0.25) is 0 Å². The maximum absolute atomic E-state index is 11.1. The van der Waals surface area contributed by atoms with E-state index in [1.807, 2.05) is 4.90 Å².